The average molecular weight is 365 g/mol. The predicted octanol–water partition coefficient (Wildman–Crippen LogP) is 3.18. The van der Waals surface area contributed by atoms with E-state index in [0.717, 1.165) is 24.9 Å². The van der Waals surface area contributed by atoms with Gasteiger partial charge < -0.3 is 19.9 Å². The summed E-state index contributed by atoms with van der Waals surface area (Å²) in [5.41, 5.74) is 0.864. The minimum absolute atomic E-state index is 0.000803. The van der Waals surface area contributed by atoms with Gasteiger partial charge in [0.05, 0.1) is 13.0 Å². The van der Waals surface area contributed by atoms with Crippen LogP contribution in [0, 0.1) is 0 Å². The molecule has 146 valence electrons. The van der Waals surface area contributed by atoms with Crippen molar-refractivity contribution in [2.45, 2.75) is 58.5 Å². The largest absolute Gasteiger partial charge is 0.493 e. The summed E-state index contributed by atoms with van der Waals surface area (Å²) in [4.78, 5) is 22.8. The summed E-state index contributed by atoms with van der Waals surface area (Å²) in [6.07, 6.45) is 4.33. The summed E-state index contributed by atoms with van der Waals surface area (Å²) in [6, 6.07) is 7.20. The van der Waals surface area contributed by atoms with E-state index in [2.05, 4.69) is 12.2 Å². The lowest BCUT2D eigenvalue weighted by Crippen LogP contribution is -2.26. The van der Waals surface area contributed by atoms with Crippen molar-refractivity contribution in [2.75, 3.05) is 19.8 Å². The summed E-state index contributed by atoms with van der Waals surface area (Å²) < 4.78 is 10.8. The Hall–Kier alpha value is -2.08. The molecule has 0 aliphatic heterocycles. The first kappa shape index (κ1) is 22.0. The Bertz CT molecular complexity index is 530. The highest BCUT2D eigenvalue weighted by Gasteiger charge is 2.17. The molecular formula is C20H31NO5. The van der Waals surface area contributed by atoms with Gasteiger partial charge in [-0.25, -0.2) is 4.79 Å². The highest BCUT2D eigenvalue weighted by molar-refractivity contribution is 5.75. The summed E-state index contributed by atoms with van der Waals surface area (Å²) in [5, 5.41) is 12.0. The molecule has 0 radical (unpaired) electrons. The molecule has 1 rings (SSSR count). The van der Waals surface area contributed by atoms with Gasteiger partial charge in [-0.1, -0.05) is 38.3 Å². The van der Waals surface area contributed by atoms with Gasteiger partial charge in [0, 0.05) is 19.6 Å². The number of hydrogen-bond acceptors (Lipinski definition) is 4. The van der Waals surface area contributed by atoms with Crippen LogP contribution in [-0.2, 0) is 20.7 Å². The van der Waals surface area contributed by atoms with E-state index in [1.807, 2.05) is 12.1 Å². The fourth-order valence-electron chi connectivity index (χ4n) is 2.48. The van der Waals surface area contributed by atoms with E-state index in [1.165, 1.54) is 12.8 Å². The monoisotopic (exact) mass is 365 g/mol. The van der Waals surface area contributed by atoms with E-state index >= 15 is 0 Å². The number of ether oxygens (including phenoxy) is 2. The minimum Gasteiger partial charge on any atom is -0.493 e. The number of carbonyl (C=O) groups is 2. The molecule has 1 aromatic rings. The van der Waals surface area contributed by atoms with Crippen LogP contribution in [0.1, 0.15) is 51.5 Å². The molecule has 1 unspecified atom stereocenters. The van der Waals surface area contributed by atoms with Crippen molar-refractivity contribution in [1.29, 1.82) is 0 Å². The Labute approximate surface area is 155 Å². The Balaban J connectivity index is 2.27. The van der Waals surface area contributed by atoms with Crippen LogP contribution >= 0.6 is 0 Å². The maximum Gasteiger partial charge on any atom is 0.333 e. The Morgan fingerprint density at radius 3 is 2.46 bits per heavy atom. The van der Waals surface area contributed by atoms with Gasteiger partial charge in [0.25, 0.3) is 0 Å². The maximum atomic E-state index is 11.7. The first-order valence-electron chi connectivity index (χ1n) is 9.39. The molecule has 2 N–H and O–H groups in total. The Kier molecular flexibility index (Phi) is 11.1. The van der Waals surface area contributed by atoms with Crippen LogP contribution in [0.5, 0.6) is 5.75 Å². The standard InChI is InChI=1S/C20H31NO5/c1-3-5-6-7-13-21-19(22)12-14-26-17-10-8-16(9-11-17)15-18(20(23)24)25-4-2/h8-11,18H,3-7,12-15H2,1-2H3,(H,21,22)(H,23,24). The van der Waals surface area contributed by atoms with E-state index in [1.54, 1.807) is 19.1 Å². The summed E-state index contributed by atoms with van der Waals surface area (Å²) in [5.74, 6) is -0.306. The van der Waals surface area contributed by atoms with Crippen molar-refractivity contribution in [1.82, 2.24) is 5.32 Å². The minimum atomic E-state index is -0.965. The number of aliphatic carboxylic acids is 1. The number of unbranched alkanes of at least 4 members (excludes halogenated alkanes) is 3. The molecule has 1 atom stereocenters. The molecule has 0 aliphatic rings. The van der Waals surface area contributed by atoms with Crippen LogP contribution in [0.2, 0.25) is 0 Å². The third kappa shape index (κ3) is 9.42. The lowest BCUT2D eigenvalue weighted by molar-refractivity contribution is -0.149. The van der Waals surface area contributed by atoms with Gasteiger partial charge in [0.2, 0.25) is 5.91 Å². The van der Waals surface area contributed by atoms with Gasteiger partial charge in [0.15, 0.2) is 6.10 Å². The van der Waals surface area contributed by atoms with Crippen LogP contribution < -0.4 is 10.1 Å². The fourth-order valence-corrected chi connectivity index (χ4v) is 2.48. The second kappa shape index (κ2) is 13.2. The number of carboxylic acids is 1. The smallest absolute Gasteiger partial charge is 0.333 e. The fraction of sp³-hybridized carbons (Fsp3) is 0.600. The maximum absolute atomic E-state index is 11.7. The SMILES string of the molecule is CCCCCCNC(=O)CCOc1ccc(CC(OCC)C(=O)O)cc1. The van der Waals surface area contributed by atoms with Crippen molar-refractivity contribution in [2.24, 2.45) is 0 Å². The number of amides is 1. The summed E-state index contributed by atoms with van der Waals surface area (Å²) in [6.45, 7) is 5.33. The number of carboxylic acid groups (broad SMARTS) is 1. The highest BCUT2D eigenvalue weighted by Crippen LogP contribution is 2.14. The van der Waals surface area contributed by atoms with Crippen molar-refractivity contribution in [3.8, 4) is 5.75 Å². The van der Waals surface area contributed by atoms with Crippen LogP contribution in [-0.4, -0.2) is 42.8 Å². The quantitative estimate of drug-likeness (QED) is 0.495. The van der Waals surface area contributed by atoms with Crippen LogP contribution in [0.15, 0.2) is 24.3 Å². The van der Waals surface area contributed by atoms with Crippen molar-refractivity contribution in [3.63, 3.8) is 0 Å². The molecule has 1 amide bonds. The first-order valence-corrected chi connectivity index (χ1v) is 9.39. The van der Waals surface area contributed by atoms with Crippen molar-refractivity contribution >= 4 is 11.9 Å². The van der Waals surface area contributed by atoms with E-state index in [4.69, 9.17) is 14.6 Å². The highest BCUT2D eigenvalue weighted by atomic mass is 16.5. The molecule has 0 aliphatic carbocycles. The molecule has 26 heavy (non-hydrogen) atoms. The molecular weight excluding hydrogens is 334 g/mol. The molecule has 0 fully saturated rings. The zero-order valence-electron chi connectivity index (χ0n) is 15.8. The Morgan fingerprint density at radius 1 is 1.12 bits per heavy atom. The number of carbonyl (C=O) groups excluding carboxylic acids is 1. The number of rotatable bonds is 14. The zero-order valence-corrected chi connectivity index (χ0v) is 15.8. The van der Waals surface area contributed by atoms with Gasteiger partial charge in [-0.15, -0.1) is 0 Å². The van der Waals surface area contributed by atoms with E-state index in [0.29, 0.717) is 31.8 Å². The lowest BCUT2D eigenvalue weighted by Gasteiger charge is -2.13. The normalized spacial score (nSPS) is 11.8. The average Bonchev–Trinajstić information content (AvgIpc) is 2.62. The van der Waals surface area contributed by atoms with Crippen molar-refractivity contribution < 1.29 is 24.2 Å². The first-order chi connectivity index (χ1) is 12.6. The molecule has 6 nitrogen and oxygen atoms in total. The van der Waals surface area contributed by atoms with Crippen LogP contribution in [0.25, 0.3) is 0 Å². The van der Waals surface area contributed by atoms with E-state index in [-0.39, 0.29) is 5.91 Å². The van der Waals surface area contributed by atoms with Crippen LogP contribution in [0.3, 0.4) is 0 Å². The van der Waals surface area contributed by atoms with Crippen molar-refractivity contribution in [3.05, 3.63) is 29.8 Å². The van der Waals surface area contributed by atoms with E-state index < -0.39 is 12.1 Å². The second-order valence-corrected chi connectivity index (χ2v) is 6.14. The van der Waals surface area contributed by atoms with Gasteiger partial charge in [-0.2, -0.15) is 0 Å². The zero-order chi connectivity index (χ0) is 19.2. The topological polar surface area (TPSA) is 84.9 Å². The molecule has 0 aromatic heterocycles. The summed E-state index contributed by atoms with van der Waals surface area (Å²) in [7, 11) is 0. The second-order valence-electron chi connectivity index (χ2n) is 6.14. The molecule has 6 heteroatoms. The molecule has 0 spiro atoms. The third-order valence-corrected chi connectivity index (χ3v) is 3.94. The number of nitrogens with one attached hydrogen (secondary N) is 1. The molecule has 0 saturated carbocycles. The predicted molar refractivity (Wildman–Crippen MR) is 100 cm³/mol. The Morgan fingerprint density at radius 2 is 1.85 bits per heavy atom. The van der Waals surface area contributed by atoms with Crippen LogP contribution in [0.4, 0.5) is 0 Å². The van der Waals surface area contributed by atoms with Gasteiger partial charge in [-0.3, -0.25) is 4.79 Å². The van der Waals surface area contributed by atoms with E-state index in [9.17, 15) is 9.59 Å². The number of benzene rings is 1. The van der Waals surface area contributed by atoms with Gasteiger partial charge >= 0.3 is 5.97 Å². The molecule has 1 aromatic carbocycles. The molecule has 0 heterocycles. The van der Waals surface area contributed by atoms with Gasteiger partial charge in [0.1, 0.15) is 5.75 Å². The molecule has 0 bridgehead atoms. The lowest BCUT2D eigenvalue weighted by atomic mass is 10.1. The molecule has 0 saturated heterocycles. The number of hydrogen-bond donors (Lipinski definition) is 2. The third-order valence-electron chi connectivity index (χ3n) is 3.94. The summed E-state index contributed by atoms with van der Waals surface area (Å²) >= 11 is 0. The van der Waals surface area contributed by atoms with Gasteiger partial charge in [-0.05, 0) is 31.0 Å².